The molecule has 0 atom stereocenters. The average molecular weight is 232 g/mol. The first kappa shape index (κ1) is 9.60. The third-order valence-electron chi connectivity index (χ3n) is 2.78. The molecule has 1 aliphatic heterocycles. The van der Waals surface area contributed by atoms with Crippen molar-refractivity contribution < 1.29 is 0 Å². The molecule has 0 fully saturated rings. The molecule has 0 saturated carbocycles. The van der Waals surface area contributed by atoms with Crippen LogP contribution in [0.25, 0.3) is 0 Å². The molecule has 16 heavy (non-hydrogen) atoms. The topological polar surface area (TPSA) is 29.0 Å². The fraction of sp³-hybridized carbons (Fsp3) is 0.167. The van der Waals surface area contributed by atoms with Gasteiger partial charge in [-0.15, -0.1) is 0 Å². The second-order valence-electron chi connectivity index (χ2n) is 3.70. The van der Waals surface area contributed by atoms with Crippen LogP contribution in [0.2, 0.25) is 5.15 Å². The Balaban J connectivity index is 2.08. The number of halogens is 1. The van der Waals surface area contributed by atoms with Crippen LogP contribution in [-0.2, 0) is 6.42 Å². The molecule has 3 rings (SSSR count). The van der Waals surface area contributed by atoms with Gasteiger partial charge in [0.2, 0.25) is 0 Å². The Hall–Kier alpha value is -1.61. The lowest BCUT2D eigenvalue weighted by molar-refractivity contribution is 0.964. The molecular formula is C12H10ClN3. The van der Waals surface area contributed by atoms with E-state index in [2.05, 4.69) is 33.1 Å². The summed E-state index contributed by atoms with van der Waals surface area (Å²) in [5.41, 5.74) is 2.52. The zero-order chi connectivity index (χ0) is 11.0. The lowest BCUT2D eigenvalue weighted by Crippen LogP contribution is -2.15. The highest BCUT2D eigenvalue weighted by molar-refractivity contribution is 6.31. The average Bonchev–Trinajstić information content (AvgIpc) is 2.74. The summed E-state index contributed by atoms with van der Waals surface area (Å²) < 4.78 is 0. The van der Waals surface area contributed by atoms with Crippen molar-refractivity contribution in [3.8, 4) is 0 Å². The Kier molecular flexibility index (Phi) is 2.26. The molecule has 1 aromatic heterocycles. The molecule has 2 aromatic rings. The molecule has 80 valence electrons. The summed E-state index contributed by atoms with van der Waals surface area (Å²) in [6.07, 6.45) is 4.30. The largest absolute Gasteiger partial charge is 0.323 e. The van der Waals surface area contributed by atoms with Crippen molar-refractivity contribution in [2.24, 2.45) is 0 Å². The maximum atomic E-state index is 6.06. The number of aromatic nitrogens is 2. The second-order valence-corrected chi connectivity index (χ2v) is 4.06. The standard InChI is InChI=1S/C12H10ClN3/c13-11-12(15-7-6-14-11)16-8-5-9-3-1-2-4-10(9)16/h1-4,6-7H,5,8H2. The van der Waals surface area contributed by atoms with Gasteiger partial charge in [0.25, 0.3) is 0 Å². The Morgan fingerprint density at radius 1 is 1.12 bits per heavy atom. The van der Waals surface area contributed by atoms with Crippen LogP contribution in [0.15, 0.2) is 36.7 Å². The normalized spacial score (nSPS) is 13.9. The van der Waals surface area contributed by atoms with Crippen LogP contribution in [-0.4, -0.2) is 16.5 Å². The number of hydrogen-bond acceptors (Lipinski definition) is 3. The second kappa shape index (κ2) is 3.76. The van der Waals surface area contributed by atoms with E-state index in [1.807, 2.05) is 6.07 Å². The molecule has 0 saturated heterocycles. The van der Waals surface area contributed by atoms with Crippen LogP contribution >= 0.6 is 11.6 Å². The smallest absolute Gasteiger partial charge is 0.172 e. The van der Waals surface area contributed by atoms with Crippen molar-refractivity contribution in [1.82, 2.24) is 9.97 Å². The lowest BCUT2D eigenvalue weighted by atomic mass is 10.2. The highest BCUT2D eigenvalue weighted by Gasteiger charge is 2.22. The third-order valence-corrected chi connectivity index (χ3v) is 3.05. The van der Waals surface area contributed by atoms with Crippen LogP contribution < -0.4 is 4.90 Å². The molecule has 0 aliphatic carbocycles. The first-order valence-corrected chi connectivity index (χ1v) is 5.56. The van der Waals surface area contributed by atoms with Crippen LogP contribution in [0.1, 0.15) is 5.56 Å². The lowest BCUT2D eigenvalue weighted by Gasteiger charge is -2.18. The third kappa shape index (κ3) is 1.44. The molecule has 0 radical (unpaired) electrons. The van der Waals surface area contributed by atoms with E-state index in [-0.39, 0.29) is 0 Å². The number of para-hydroxylation sites is 1. The summed E-state index contributed by atoms with van der Waals surface area (Å²) >= 11 is 6.06. The van der Waals surface area contributed by atoms with E-state index >= 15 is 0 Å². The van der Waals surface area contributed by atoms with Crippen molar-refractivity contribution in [2.45, 2.75) is 6.42 Å². The number of anilines is 2. The van der Waals surface area contributed by atoms with Crippen LogP contribution in [0.5, 0.6) is 0 Å². The molecule has 0 N–H and O–H groups in total. The zero-order valence-electron chi connectivity index (χ0n) is 8.60. The Morgan fingerprint density at radius 2 is 1.94 bits per heavy atom. The van der Waals surface area contributed by atoms with Gasteiger partial charge < -0.3 is 4.90 Å². The van der Waals surface area contributed by atoms with Gasteiger partial charge in [0, 0.05) is 24.6 Å². The van der Waals surface area contributed by atoms with Gasteiger partial charge in [-0.3, -0.25) is 0 Å². The predicted molar refractivity (Wildman–Crippen MR) is 64.2 cm³/mol. The number of nitrogens with zero attached hydrogens (tertiary/aromatic N) is 3. The van der Waals surface area contributed by atoms with Gasteiger partial charge in [-0.1, -0.05) is 29.8 Å². The van der Waals surface area contributed by atoms with Crippen molar-refractivity contribution in [1.29, 1.82) is 0 Å². The van der Waals surface area contributed by atoms with Crippen molar-refractivity contribution >= 4 is 23.1 Å². The van der Waals surface area contributed by atoms with Gasteiger partial charge in [-0.05, 0) is 18.1 Å². The summed E-state index contributed by atoms with van der Waals surface area (Å²) in [7, 11) is 0. The minimum Gasteiger partial charge on any atom is -0.323 e. The van der Waals surface area contributed by atoms with Crippen LogP contribution in [0, 0.1) is 0 Å². The quantitative estimate of drug-likeness (QED) is 0.756. The Labute approximate surface area is 98.7 Å². The minimum absolute atomic E-state index is 0.458. The van der Waals surface area contributed by atoms with E-state index in [1.165, 1.54) is 11.3 Å². The maximum Gasteiger partial charge on any atom is 0.172 e. The van der Waals surface area contributed by atoms with Gasteiger partial charge in [-0.2, -0.15) is 0 Å². The number of benzene rings is 1. The van der Waals surface area contributed by atoms with Gasteiger partial charge in [-0.25, -0.2) is 9.97 Å². The molecule has 0 bridgehead atoms. The SMILES string of the molecule is Clc1nccnc1N1CCc2ccccc21. The van der Waals surface area contributed by atoms with Crippen molar-refractivity contribution in [2.75, 3.05) is 11.4 Å². The van der Waals surface area contributed by atoms with E-state index in [0.717, 1.165) is 18.8 Å². The van der Waals surface area contributed by atoms with E-state index < -0.39 is 0 Å². The first-order valence-electron chi connectivity index (χ1n) is 5.18. The van der Waals surface area contributed by atoms with E-state index in [1.54, 1.807) is 12.4 Å². The Morgan fingerprint density at radius 3 is 2.81 bits per heavy atom. The molecule has 1 aliphatic rings. The fourth-order valence-corrected chi connectivity index (χ4v) is 2.26. The van der Waals surface area contributed by atoms with E-state index in [9.17, 15) is 0 Å². The zero-order valence-corrected chi connectivity index (χ0v) is 9.35. The monoisotopic (exact) mass is 231 g/mol. The molecule has 0 spiro atoms. The van der Waals surface area contributed by atoms with Crippen LogP contribution in [0.3, 0.4) is 0 Å². The summed E-state index contributed by atoms with van der Waals surface area (Å²) in [4.78, 5) is 10.5. The highest BCUT2D eigenvalue weighted by Crippen LogP contribution is 2.35. The highest BCUT2D eigenvalue weighted by atomic mass is 35.5. The number of fused-ring (bicyclic) bond motifs is 1. The maximum absolute atomic E-state index is 6.06. The molecule has 0 amide bonds. The number of rotatable bonds is 1. The first-order chi connectivity index (χ1) is 7.86. The fourth-order valence-electron chi connectivity index (χ4n) is 2.05. The summed E-state index contributed by atoms with van der Waals surface area (Å²) in [5, 5.41) is 0.458. The van der Waals surface area contributed by atoms with Gasteiger partial charge in [0.1, 0.15) is 0 Å². The van der Waals surface area contributed by atoms with E-state index in [0.29, 0.717) is 5.15 Å². The summed E-state index contributed by atoms with van der Waals surface area (Å²) in [6, 6.07) is 8.31. The molecule has 0 unspecified atom stereocenters. The van der Waals surface area contributed by atoms with Crippen LogP contribution in [0.4, 0.5) is 11.5 Å². The predicted octanol–water partition coefficient (Wildman–Crippen LogP) is 2.82. The van der Waals surface area contributed by atoms with Gasteiger partial charge in [0.05, 0.1) is 0 Å². The summed E-state index contributed by atoms with van der Waals surface area (Å²) in [5.74, 6) is 0.745. The number of hydrogen-bond donors (Lipinski definition) is 0. The van der Waals surface area contributed by atoms with Crippen molar-refractivity contribution in [3.63, 3.8) is 0 Å². The minimum atomic E-state index is 0.458. The molecule has 2 heterocycles. The van der Waals surface area contributed by atoms with Crippen molar-refractivity contribution in [3.05, 3.63) is 47.4 Å². The summed E-state index contributed by atoms with van der Waals surface area (Å²) in [6.45, 7) is 0.914. The molecular weight excluding hydrogens is 222 g/mol. The molecule has 3 nitrogen and oxygen atoms in total. The molecule has 4 heteroatoms. The molecule has 1 aromatic carbocycles. The van der Waals surface area contributed by atoms with Gasteiger partial charge in [0.15, 0.2) is 11.0 Å². The van der Waals surface area contributed by atoms with Gasteiger partial charge >= 0.3 is 0 Å². The Bertz CT molecular complexity index is 527. The van der Waals surface area contributed by atoms with E-state index in [4.69, 9.17) is 11.6 Å².